The lowest BCUT2D eigenvalue weighted by Gasteiger charge is -2.29. The van der Waals surface area contributed by atoms with E-state index in [0.29, 0.717) is 13.2 Å². The van der Waals surface area contributed by atoms with E-state index >= 15 is 0 Å². The summed E-state index contributed by atoms with van der Waals surface area (Å²) in [6.45, 7) is 13.3. The van der Waals surface area contributed by atoms with Crippen molar-refractivity contribution in [3.63, 3.8) is 0 Å². The van der Waals surface area contributed by atoms with E-state index in [1.807, 2.05) is 30.2 Å². The van der Waals surface area contributed by atoms with E-state index in [2.05, 4.69) is 44.8 Å². The van der Waals surface area contributed by atoms with Gasteiger partial charge in [0, 0.05) is 17.3 Å². The summed E-state index contributed by atoms with van der Waals surface area (Å²) in [6, 6.07) is 6.32. The van der Waals surface area contributed by atoms with Crippen LogP contribution in [0.2, 0.25) is 0 Å². The molecule has 0 N–H and O–H groups in total. The van der Waals surface area contributed by atoms with Crippen LogP contribution in [0.15, 0.2) is 23.6 Å². The Morgan fingerprint density at radius 1 is 1.23 bits per heavy atom. The Morgan fingerprint density at radius 2 is 1.96 bits per heavy atom. The molecule has 4 nitrogen and oxygen atoms in total. The number of benzene rings is 1. The standard InChI is InChI=1S/C21H30N2O2S/c1-7-17(6)23(21(24)14(2)3)11-18-13-26-20(22-18)12-25-19-9-8-15(4)16(5)10-19/h8-10,13-14,17H,7,11-12H2,1-6H3/t17-/m1/s1. The van der Waals surface area contributed by atoms with Crippen LogP contribution < -0.4 is 4.74 Å². The number of ether oxygens (including phenoxy) is 1. The Balaban J connectivity index is 2.01. The number of hydrogen-bond donors (Lipinski definition) is 0. The molecule has 0 unspecified atom stereocenters. The van der Waals surface area contributed by atoms with Gasteiger partial charge >= 0.3 is 0 Å². The van der Waals surface area contributed by atoms with Gasteiger partial charge in [-0.3, -0.25) is 4.79 Å². The number of carbonyl (C=O) groups is 1. The smallest absolute Gasteiger partial charge is 0.225 e. The van der Waals surface area contributed by atoms with Crippen LogP contribution in [0.3, 0.4) is 0 Å². The van der Waals surface area contributed by atoms with Gasteiger partial charge < -0.3 is 9.64 Å². The minimum Gasteiger partial charge on any atom is -0.486 e. The molecule has 142 valence electrons. The number of aryl methyl sites for hydroxylation is 2. The summed E-state index contributed by atoms with van der Waals surface area (Å²) < 4.78 is 5.87. The van der Waals surface area contributed by atoms with Gasteiger partial charge in [0.15, 0.2) is 0 Å². The first-order valence-corrected chi connectivity index (χ1v) is 10.1. The number of amides is 1. The largest absolute Gasteiger partial charge is 0.486 e. The number of carbonyl (C=O) groups excluding carboxylic acids is 1. The molecule has 2 rings (SSSR count). The lowest BCUT2D eigenvalue weighted by atomic mass is 10.1. The number of rotatable bonds is 8. The Bertz CT molecular complexity index is 739. The van der Waals surface area contributed by atoms with Crippen molar-refractivity contribution in [2.75, 3.05) is 0 Å². The van der Waals surface area contributed by atoms with E-state index in [1.54, 1.807) is 11.3 Å². The first-order chi connectivity index (χ1) is 12.3. The van der Waals surface area contributed by atoms with Gasteiger partial charge in [0.2, 0.25) is 5.91 Å². The molecule has 1 atom stereocenters. The summed E-state index contributed by atoms with van der Waals surface area (Å²) in [5.41, 5.74) is 3.41. The van der Waals surface area contributed by atoms with Crippen molar-refractivity contribution >= 4 is 17.2 Å². The fraction of sp³-hybridized carbons (Fsp3) is 0.524. The van der Waals surface area contributed by atoms with Crippen LogP contribution in [0.1, 0.15) is 55.9 Å². The molecule has 1 heterocycles. The summed E-state index contributed by atoms with van der Waals surface area (Å²) in [5.74, 6) is 1.04. The number of nitrogens with zero attached hydrogens (tertiary/aromatic N) is 2. The molecule has 5 heteroatoms. The molecule has 0 saturated carbocycles. The summed E-state index contributed by atoms with van der Waals surface area (Å²) in [5, 5.41) is 2.96. The van der Waals surface area contributed by atoms with Crippen molar-refractivity contribution in [3.05, 3.63) is 45.4 Å². The van der Waals surface area contributed by atoms with Gasteiger partial charge in [-0.2, -0.15) is 0 Å². The van der Waals surface area contributed by atoms with E-state index in [1.165, 1.54) is 11.1 Å². The lowest BCUT2D eigenvalue weighted by molar-refractivity contribution is -0.137. The highest BCUT2D eigenvalue weighted by Crippen LogP contribution is 2.20. The highest BCUT2D eigenvalue weighted by Gasteiger charge is 2.22. The fourth-order valence-electron chi connectivity index (χ4n) is 2.61. The molecule has 0 saturated heterocycles. The van der Waals surface area contributed by atoms with Crippen molar-refractivity contribution in [3.8, 4) is 5.75 Å². The summed E-state index contributed by atoms with van der Waals surface area (Å²) in [6.07, 6.45) is 0.936. The van der Waals surface area contributed by atoms with Crippen molar-refractivity contribution in [2.24, 2.45) is 5.92 Å². The maximum Gasteiger partial charge on any atom is 0.225 e. The van der Waals surface area contributed by atoms with Gasteiger partial charge in [-0.1, -0.05) is 26.8 Å². The van der Waals surface area contributed by atoms with Crippen LogP contribution in [0, 0.1) is 19.8 Å². The van der Waals surface area contributed by atoms with Gasteiger partial charge in [0.1, 0.15) is 17.4 Å². The average molecular weight is 375 g/mol. The SMILES string of the molecule is CC[C@@H](C)N(Cc1csc(COc2ccc(C)c(C)c2)n1)C(=O)C(C)C. The van der Waals surface area contributed by atoms with Gasteiger partial charge in [-0.15, -0.1) is 11.3 Å². The third-order valence-corrected chi connectivity index (χ3v) is 5.54. The fourth-order valence-corrected chi connectivity index (χ4v) is 3.31. The minimum absolute atomic E-state index is 0.00443. The molecule has 0 radical (unpaired) electrons. The van der Waals surface area contributed by atoms with Crippen LogP contribution in [-0.2, 0) is 17.9 Å². The summed E-state index contributed by atoms with van der Waals surface area (Å²) >= 11 is 1.58. The predicted molar refractivity (Wildman–Crippen MR) is 108 cm³/mol. The van der Waals surface area contributed by atoms with Crippen molar-refractivity contribution in [2.45, 2.75) is 67.2 Å². The highest BCUT2D eigenvalue weighted by molar-refractivity contribution is 7.09. The average Bonchev–Trinajstić information content (AvgIpc) is 3.07. The van der Waals surface area contributed by atoms with Crippen LogP contribution in [0.4, 0.5) is 0 Å². The summed E-state index contributed by atoms with van der Waals surface area (Å²) in [7, 11) is 0. The zero-order valence-corrected chi connectivity index (χ0v) is 17.5. The van der Waals surface area contributed by atoms with E-state index in [0.717, 1.165) is 22.9 Å². The maximum atomic E-state index is 12.5. The molecule has 2 aromatic rings. The third-order valence-electron chi connectivity index (χ3n) is 4.67. The molecule has 0 spiro atoms. The predicted octanol–water partition coefficient (Wildman–Crippen LogP) is 5.12. The monoisotopic (exact) mass is 374 g/mol. The van der Waals surface area contributed by atoms with E-state index < -0.39 is 0 Å². The van der Waals surface area contributed by atoms with Crippen molar-refractivity contribution < 1.29 is 9.53 Å². The molecule has 0 aliphatic rings. The maximum absolute atomic E-state index is 12.5. The number of hydrogen-bond acceptors (Lipinski definition) is 4. The van der Waals surface area contributed by atoms with E-state index in [4.69, 9.17) is 4.74 Å². The molecule has 0 aliphatic carbocycles. The zero-order valence-electron chi connectivity index (χ0n) is 16.7. The molecule has 26 heavy (non-hydrogen) atoms. The second-order valence-electron chi connectivity index (χ2n) is 7.15. The molecular formula is C21H30N2O2S. The van der Waals surface area contributed by atoms with Crippen molar-refractivity contribution in [1.82, 2.24) is 9.88 Å². The zero-order chi connectivity index (χ0) is 19.3. The topological polar surface area (TPSA) is 42.4 Å². The number of thiazole rings is 1. The van der Waals surface area contributed by atoms with Crippen LogP contribution >= 0.6 is 11.3 Å². The third kappa shape index (κ3) is 5.31. The van der Waals surface area contributed by atoms with Gasteiger partial charge in [0.25, 0.3) is 0 Å². The lowest BCUT2D eigenvalue weighted by Crippen LogP contribution is -2.40. The first kappa shape index (κ1) is 20.4. The van der Waals surface area contributed by atoms with Crippen molar-refractivity contribution in [1.29, 1.82) is 0 Å². The van der Waals surface area contributed by atoms with Gasteiger partial charge in [0.05, 0.1) is 12.2 Å². The Labute approximate surface area is 161 Å². The van der Waals surface area contributed by atoms with Gasteiger partial charge in [-0.05, 0) is 50.5 Å². The highest BCUT2D eigenvalue weighted by atomic mass is 32.1. The Morgan fingerprint density at radius 3 is 2.58 bits per heavy atom. The quantitative estimate of drug-likeness (QED) is 0.644. The van der Waals surface area contributed by atoms with Crippen LogP contribution in [0.5, 0.6) is 5.75 Å². The Kier molecular flexibility index (Phi) is 7.21. The molecule has 1 aromatic carbocycles. The Hall–Kier alpha value is -1.88. The van der Waals surface area contributed by atoms with E-state index in [-0.39, 0.29) is 17.9 Å². The summed E-state index contributed by atoms with van der Waals surface area (Å²) in [4.78, 5) is 19.1. The van der Waals surface area contributed by atoms with Crippen LogP contribution in [-0.4, -0.2) is 21.8 Å². The van der Waals surface area contributed by atoms with Crippen LogP contribution in [0.25, 0.3) is 0 Å². The minimum atomic E-state index is -0.00443. The second kappa shape index (κ2) is 9.17. The molecule has 0 fully saturated rings. The van der Waals surface area contributed by atoms with E-state index in [9.17, 15) is 4.79 Å². The normalized spacial score (nSPS) is 12.3. The first-order valence-electron chi connectivity index (χ1n) is 9.25. The molecule has 1 amide bonds. The molecule has 1 aromatic heterocycles. The number of aromatic nitrogens is 1. The molecular weight excluding hydrogens is 344 g/mol. The molecule has 0 aliphatic heterocycles. The van der Waals surface area contributed by atoms with Gasteiger partial charge in [-0.25, -0.2) is 4.98 Å². The second-order valence-corrected chi connectivity index (χ2v) is 8.09. The molecule has 0 bridgehead atoms.